The Bertz CT molecular complexity index is 496. The average Bonchev–Trinajstić information content (AvgIpc) is 2.79. The molecule has 2 rings (SSSR count). The predicted octanol–water partition coefficient (Wildman–Crippen LogP) is 2.38. The molecule has 96 valence electrons. The molecule has 0 spiro atoms. The molecule has 0 aliphatic rings. The van der Waals surface area contributed by atoms with E-state index in [1.807, 2.05) is 30.3 Å². The number of nitrogens with zero attached hydrogens (tertiary/aromatic N) is 2. The van der Waals surface area contributed by atoms with Gasteiger partial charge in [0, 0.05) is 6.54 Å². The van der Waals surface area contributed by atoms with Gasteiger partial charge in [-0.15, -0.1) is 0 Å². The zero-order valence-corrected chi connectivity index (χ0v) is 9.24. The van der Waals surface area contributed by atoms with Crippen molar-refractivity contribution in [3.63, 3.8) is 0 Å². The number of aromatic nitrogens is 2. The van der Waals surface area contributed by atoms with Crippen LogP contribution >= 0.6 is 0 Å². The number of alkyl halides is 3. The van der Waals surface area contributed by atoms with E-state index in [0.29, 0.717) is 6.54 Å². The van der Waals surface area contributed by atoms with Crippen LogP contribution < -0.4 is 5.32 Å². The molecule has 0 aliphatic heterocycles. The summed E-state index contributed by atoms with van der Waals surface area (Å²) in [5.41, 5.74) is 1.03. The molecule has 0 atom stereocenters. The van der Waals surface area contributed by atoms with Gasteiger partial charge in [0.25, 0.3) is 0 Å². The highest BCUT2D eigenvalue weighted by atomic mass is 19.4. The van der Waals surface area contributed by atoms with E-state index < -0.39 is 12.1 Å². The van der Waals surface area contributed by atoms with Crippen LogP contribution in [0.15, 0.2) is 34.9 Å². The summed E-state index contributed by atoms with van der Waals surface area (Å²) in [6.45, 7) is 0.644. The van der Waals surface area contributed by atoms with Gasteiger partial charge in [0.05, 0.1) is 6.54 Å². The third-order valence-electron chi connectivity index (χ3n) is 2.17. The second kappa shape index (κ2) is 5.18. The quantitative estimate of drug-likeness (QED) is 0.913. The van der Waals surface area contributed by atoms with Crippen molar-refractivity contribution in [3.8, 4) is 0 Å². The van der Waals surface area contributed by atoms with Crippen molar-refractivity contribution >= 4 is 0 Å². The molecule has 1 aromatic heterocycles. The van der Waals surface area contributed by atoms with Gasteiger partial charge < -0.3 is 9.84 Å². The Morgan fingerprint density at radius 3 is 2.44 bits per heavy atom. The van der Waals surface area contributed by atoms with Gasteiger partial charge in [-0.1, -0.05) is 35.5 Å². The lowest BCUT2D eigenvalue weighted by Gasteiger charge is -2.01. The number of rotatable bonds is 4. The van der Waals surface area contributed by atoms with Crippen molar-refractivity contribution in [2.75, 3.05) is 0 Å². The van der Waals surface area contributed by atoms with Crippen molar-refractivity contribution in [1.29, 1.82) is 0 Å². The Morgan fingerprint density at radius 2 is 1.83 bits per heavy atom. The lowest BCUT2D eigenvalue weighted by atomic mass is 10.2. The highest BCUT2D eigenvalue weighted by Gasteiger charge is 2.38. The van der Waals surface area contributed by atoms with Crippen molar-refractivity contribution in [2.24, 2.45) is 0 Å². The largest absolute Gasteiger partial charge is 0.471 e. The number of halogens is 3. The van der Waals surface area contributed by atoms with E-state index in [1.54, 1.807) is 0 Å². The van der Waals surface area contributed by atoms with Gasteiger partial charge in [0.2, 0.25) is 0 Å². The van der Waals surface area contributed by atoms with E-state index in [4.69, 9.17) is 0 Å². The molecule has 0 fully saturated rings. The molecule has 4 nitrogen and oxygen atoms in total. The molecule has 1 heterocycles. The summed E-state index contributed by atoms with van der Waals surface area (Å²) in [4.78, 5) is 3.25. The Kier molecular flexibility index (Phi) is 3.61. The zero-order chi connectivity index (χ0) is 13.0. The lowest BCUT2D eigenvalue weighted by Crippen LogP contribution is -2.14. The van der Waals surface area contributed by atoms with Crippen LogP contribution in [-0.4, -0.2) is 10.1 Å². The molecule has 2 aromatic rings. The maximum absolute atomic E-state index is 12.2. The van der Waals surface area contributed by atoms with Gasteiger partial charge in [-0.05, 0) is 5.56 Å². The van der Waals surface area contributed by atoms with Crippen LogP contribution in [0, 0.1) is 0 Å². The van der Waals surface area contributed by atoms with E-state index in [1.165, 1.54) is 0 Å². The van der Waals surface area contributed by atoms with Crippen molar-refractivity contribution in [3.05, 3.63) is 47.6 Å². The van der Waals surface area contributed by atoms with Gasteiger partial charge in [0.1, 0.15) is 0 Å². The molecular weight excluding hydrogens is 247 g/mol. The van der Waals surface area contributed by atoms with Crippen LogP contribution in [0.2, 0.25) is 0 Å². The summed E-state index contributed by atoms with van der Waals surface area (Å²) < 4.78 is 40.6. The highest BCUT2D eigenvalue weighted by molar-refractivity contribution is 5.14. The second-order valence-corrected chi connectivity index (χ2v) is 3.60. The summed E-state index contributed by atoms with van der Waals surface area (Å²) in [5.74, 6) is -1.34. The van der Waals surface area contributed by atoms with Crippen molar-refractivity contribution in [2.45, 2.75) is 19.3 Å². The molecule has 1 N–H and O–H groups in total. The Balaban J connectivity index is 1.86. The Morgan fingerprint density at radius 1 is 1.11 bits per heavy atom. The number of nitrogens with one attached hydrogen (secondary N) is 1. The normalized spacial score (nSPS) is 11.7. The van der Waals surface area contributed by atoms with E-state index in [-0.39, 0.29) is 12.4 Å². The number of hydrogen-bond donors (Lipinski definition) is 1. The standard InChI is InChI=1S/C11H10F3N3O/c12-11(13,14)10-16-9(17-18-10)7-15-6-8-4-2-1-3-5-8/h1-5,15H,6-7H2. The summed E-state index contributed by atoms with van der Waals surface area (Å²) in [6, 6.07) is 9.47. The van der Waals surface area contributed by atoms with E-state index in [0.717, 1.165) is 5.56 Å². The summed E-state index contributed by atoms with van der Waals surface area (Å²) >= 11 is 0. The first-order chi connectivity index (χ1) is 8.55. The van der Waals surface area contributed by atoms with Gasteiger partial charge >= 0.3 is 12.1 Å². The SMILES string of the molecule is FC(F)(F)c1nc(CNCc2ccccc2)no1. The van der Waals surface area contributed by atoms with Crippen molar-refractivity contribution in [1.82, 2.24) is 15.5 Å². The average molecular weight is 257 g/mol. The van der Waals surface area contributed by atoms with Crippen LogP contribution in [0.25, 0.3) is 0 Å². The molecule has 7 heteroatoms. The Labute approximate surface area is 101 Å². The molecule has 18 heavy (non-hydrogen) atoms. The minimum Gasteiger partial charge on any atom is -0.329 e. The lowest BCUT2D eigenvalue weighted by molar-refractivity contribution is -0.159. The maximum Gasteiger partial charge on any atom is 0.471 e. The fourth-order valence-corrected chi connectivity index (χ4v) is 1.36. The molecule has 0 aliphatic carbocycles. The molecular formula is C11H10F3N3O. The molecule has 0 bridgehead atoms. The fraction of sp³-hybridized carbons (Fsp3) is 0.273. The molecule has 1 aromatic carbocycles. The highest BCUT2D eigenvalue weighted by Crippen LogP contribution is 2.27. The molecule has 0 amide bonds. The molecule has 0 saturated carbocycles. The minimum absolute atomic E-state index is 0.0155. The van der Waals surface area contributed by atoms with Gasteiger partial charge in [-0.25, -0.2) is 0 Å². The first kappa shape index (κ1) is 12.6. The molecule has 0 radical (unpaired) electrons. The van der Waals surface area contributed by atoms with E-state index in [2.05, 4.69) is 20.0 Å². The summed E-state index contributed by atoms with van der Waals surface area (Å²) in [6.07, 6.45) is -4.59. The van der Waals surface area contributed by atoms with Gasteiger partial charge in [-0.3, -0.25) is 0 Å². The molecule has 0 saturated heterocycles. The smallest absolute Gasteiger partial charge is 0.329 e. The predicted molar refractivity (Wildman–Crippen MR) is 56.3 cm³/mol. The van der Waals surface area contributed by atoms with E-state index in [9.17, 15) is 13.2 Å². The van der Waals surface area contributed by atoms with Crippen LogP contribution in [0.3, 0.4) is 0 Å². The van der Waals surface area contributed by atoms with Crippen LogP contribution in [0.5, 0.6) is 0 Å². The summed E-state index contributed by atoms with van der Waals surface area (Å²) in [5, 5.41) is 6.18. The third-order valence-corrected chi connectivity index (χ3v) is 2.17. The summed E-state index contributed by atoms with van der Waals surface area (Å²) in [7, 11) is 0. The second-order valence-electron chi connectivity index (χ2n) is 3.60. The van der Waals surface area contributed by atoms with E-state index >= 15 is 0 Å². The van der Waals surface area contributed by atoms with Crippen molar-refractivity contribution < 1.29 is 17.7 Å². The number of hydrogen-bond acceptors (Lipinski definition) is 4. The monoisotopic (exact) mass is 257 g/mol. The molecule has 0 unspecified atom stereocenters. The topological polar surface area (TPSA) is 51.0 Å². The first-order valence-corrected chi connectivity index (χ1v) is 5.20. The van der Waals surface area contributed by atoms with Crippen LogP contribution in [-0.2, 0) is 19.3 Å². The Hall–Kier alpha value is -1.89. The van der Waals surface area contributed by atoms with Gasteiger partial charge in [-0.2, -0.15) is 18.2 Å². The van der Waals surface area contributed by atoms with Gasteiger partial charge in [0.15, 0.2) is 5.82 Å². The van der Waals surface area contributed by atoms with Crippen LogP contribution in [0.4, 0.5) is 13.2 Å². The third kappa shape index (κ3) is 3.30. The minimum atomic E-state index is -4.59. The maximum atomic E-state index is 12.2. The zero-order valence-electron chi connectivity index (χ0n) is 9.24. The number of benzene rings is 1. The fourth-order valence-electron chi connectivity index (χ4n) is 1.36. The van der Waals surface area contributed by atoms with Crippen LogP contribution in [0.1, 0.15) is 17.3 Å². The first-order valence-electron chi connectivity index (χ1n) is 5.20.